The maximum absolute atomic E-state index is 13.2. The van der Waals surface area contributed by atoms with E-state index in [0.29, 0.717) is 25.1 Å². The highest BCUT2D eigenvalue weighted by atomic mass is 32.2. The summed E-state index contributed by atoms with van der Waals surface area (Å²) < 4.78 is 25.9. The summed E-state index contributed by atoms with van der Waals surface area (Å²) in [7, 11) is -1.92. The van der Waals surface area contributed by atoms with Crippen molar-refractivity contribution in [1.29, 1.82) is 0 Å². The Labute approximate surface area is 191 Å². The molecule has 0 saturated heterocycles. The molecule has 2 amide bonds. The van der Waals surface area contributed by atoms with E-state index in [0.717, 1.165) is 17.4 Å². The summed E-state index contributed by atoms with van der Waals surface area (Å²) >= 11 is 0. The van der Waals surface area contributed by atoms with Crippen LogP contribution in [-0.4, -0.2) is 51.0 Å². The van der Waals surface area contributed by atoms with Crippen molar-refractivity contribution < 1.29 is 18.0 Å². The minimum atomic E-state index is -3.48. The molecule has 0 aromatic heterocycles. The number of nitrogens with zero attached hydrogens (tertiary/aromatic N) is 2. The maximum Gasteiger partial charge on any atom is 0.242 e. The van der Waals surface area contributed by atoms with Gasteiger partial charge >= 0.3 is 0 Å². The fraction of sp³-hybridized carbons (Fsp3) is 0.417. The van der Waals surface area contributed by atoms with Crippen LogP contribution in [0.15, 0.2) is 54.6 Å². The molecule has 0 unspecified atom stereocenters. The second-order valence-corrected chi connectivity index (χ2v) is 9.67. The second kappa shape index (κ2) is 11.7. The number of sulfonamides is 1. The van der Waals surface area contributed by atoms with Gasteiger partial charge in [-0.15, -0.1) is 0 Å². The van der Waals surface area contributed by atoms with Gasteiger partial charge in [-0.05, 0) is 43.0 Å². The molecule has 0 aliphatic rings. The highest BCUT2D eigenvalue weighted by Gasteiger charge is 2.28. The average Bonchev–Trinajstić information content (AvgIpc) is 2.77. The van der Waals surface area contributed by atoms with Crippen LogP contribution in [0.2, 0.25) is 0 Å². The number of rotatable bonds is 11. The monoisotopic (exact) mass is 459 g/mol. The molecule has 2 aromatic carbocycles. The first-order valence-electron chi connectivity index (χ1n) is 10.8. The Balaban J connectivity index is 2.18. The lowest BCUT2D eigenvalue weighted by Crippen LogP contribution is -2.48. The van der Waals surface area contributed by atoms with Crippen molar-refractivity contribution in [2.75, 3.05) is 24.2 Å². The minimum absolute atomic E-state index is 0.137. The fourth-order valence-electron chi connectivity index (χ4n) is 3.66. The zero-order valence-corrected chi connectivity index (χ0v) is 20.1. The first-order valence-corrected chi connectivity index (χ1v) is 12.6. The van der Waals surface area contributed by atoms with Crippen molar-refractivity contribution in [3.05, 3.63) is 65.7 Å². The van der Waals surface area contributed by atoms with Crippen molar-refractivity contribution in [3.8, 4) is 0 Å². The molecule has 2 rings (SSSR count). The molecule has 7 nitrogen and oxygen atoms in total. The van der Waals surface area contributed by atoms with Crippen LogP contribution < -0.4 is 9.62 Å². The van der Waals surface area contributed by atoms with E-state index < -0.39 is 16.1 Å². The van der Waals surface area contributed by atoms with E-state index in [1.165, 1.54) is 4.31 Å². The summed E-state index contributed by atoms with van der Waals surface area (Å²) in [6, 6.07) is 16.0. The third kappa shape index (κ3) is 6.82. The smallest absolute Gasteiger partial charge is 0.242 e. The number of aryl methyl sites for hydroxylation is 1. The van der Waals surface area contributed by atoms with Crippen molar-refractivity contribution in [2.24, 2.45) is 0 Å². The highest BCUT2D eigenvalue weighted by Crippen LogP contribution is 2.20. The van der Waals surface area contributed by atoms with Crippen LogP contribution in [0.5, 0.6) is 0 Å². The number of nitrogens with one attached hydrogen (secondary N) is 1. The van der Waals surface area contributed by atoms with Gasteiger partial charge in [0.2, 0.25) is 21.8 Å². The largest absolute Gasteiger partial charge is 0.357 e. The molecule has 1 atom stereocenters. The predicted molar refractivity (Wildman–Crippen MR) is 128 cm³/mol. The van der Waals surface area contributed by atoms with E-state index in [-0.39, 0.29) is 24.8 Å². The maximum atomic E-state index is 13.2. The SMILES string of the molecule is CC[C@@H](C(=O)NC)N(Cc1ccccc1C)C(=O)CCCN(c1ccccc1)S(C)(=O)=O. The number of para-hydroxylation sites is 1. The van der Waals surface area contributed by atoms with Crippen LogP contribution in [0.25, 0.3) is 0 Å². The van der Waals surface area contributed by atoms with Crippen LogP contribution in [0.3, 0.4) is 0 Å². The Hall–Kier alpha value is -2.87. The number of hydrogen-bond acceptors (Lipinski definition) is 4. The van der Waals surface area contributed by atoms with E-state index in [9.17, 15) is 18.0 Å². The van der Waals surface area contributed by atoms with Gasteiger partial charge in [0.25, 0.3) is 0 Å². The minimum Gasteiger partial charge on any atom is -0.357 e. The zero-order valence-electron chi connectivity index (χ0n) is 19.2. The second-order valence-electron chi connectivity index (χ2n) is 7.76. The van der Waals surface area contributed by atoms with Gasteiger partial charge in [0.15, 0.2) is 0 Å². The van der Waals surface area contributed by atoms with E-state index in [2.05, 4.69) is 5.32 Å². The Morgan fingerprint density at radius 1 is 1.03 bits per heavy atom. The Morgan fingerprint density at radius 2 is 1.66 bits per heavy atom. The van der Waals surface area contributed by atoms with Gasteiger partial charge in [0.1, 0.15) is 6.04 Å². The molecule has 0 bridgehead atoms. The van der Waals surface area contributed by atoms with Gasteiger partial charge in [0.05, 0.1) is 11.9 Å². The number of hydrogen-bond donors (Lipinski definition) is 1. The van der Waals surface area contributed by atoms with Gasteiger partial charge < -0.3 is 10.2 Å². The molecule has 0 fully saturated rings. The lowest BCUT2D eigenvalue weighted by atomic mass is 10.1. The zero-order chi connectivity index (χ0) is 23.7. The normalized spacial score (nSPS) is 12.1. The molecule has 0 aliphatic carbocycles. The molecule has 0 saturated carbocycles. The lowest BCUT2D eigenvalue weighted by molar-refractivity contribution is -0.141. The number of benzene rings is 2. The van der Waals surface area contributed by atoms with Gasteiger partial charge in [-0.1, -0.05) is 49.4 Å². The van der Waals surface area contributed by atoms with Crippen molar-refractivity contribution in [3.63, 3.8) is 0 Å². The summed E-state index contributed by atoms with van der Waals surface area (Å²) in [5.74, 6) is -0.387. The molecule has 0 aliphatic heterocycles. The summed E-state index contributed by atoms with van der Waals surface area (Å²) in [5.41, 5.74) is 2.59. The molecule has 1 N–H and O–H groups in total. The molecule has 0 heterocycles. The van der Waals surface area contributed by atoms with E-state index >= 15 is 0 Å². The van der Waals surface area contributed by atoms with Gasteiger partial charge in [0, 0.05) is 26.6 Å². The first kappa shape index (κ1) is 25.4. The van der Waals surface area contributed by atoms with E-state index in [1.54, 1.807) is 36.2 Å². The third-order valence-corrected chi connectivity index (χ3v) is 6.62. The van der Waals surface area contributed by atoms with Crippen LogP contribution in [0.1, 0.15) is 37.3 Å². The molecular formula is C24H33N3O4S. The van der Waals surface area contributed by atoms with Crippen LogP contribution >= 0.6 is 0 Å². The third-order valence-electron chi connectivity index (χ3n) is 5.43. The lowest BCUT2D eigenvalue weighted by Gasteiger charge is -2.31. The highest BCUT2D eigenvalue weighted by molar-refractivity contribution is 7.92. The van der Waals surface area contributed by atoms with Crippen molar-refractivity contribution in [2.45, 2.75) is 45.7 Å². The first-order chi connectivity index (χ1) is 15.2. The standard InChI is InChI=1S/C24H33N3O4S/c1-5-22(24(29)25-3)26(18-20-13-10-9-12-19(20)2)23(28)16-11-17-27(32(4,30)31)21-14-7-6-8-15-21/h6-10,12-15,22H,5,11,16-18H2,1-4H3,(H,25,29)/t22-/m0/s1. The van der Waals surface area contributed by atoms with Gasteiger partial charge in [-0.2, -0.15) is 0 Å². The molecule has 0 radical (unpaired) electrons. The number of amides is 2. The summed E-state index contributed by atoms with van der Waals surface area (Å²) in [4.78, 5) is 27.3. The Morgan fingerprint density at radius 3 is 2.22 bits per heavy atom. The predicted octanol–water partition coefficient (Wildman–Crippen LogP) is 3.09. The quantitative estimate of drug-likeness (QED) is 0.559. The number of carbonyl (C=O) groups excluding carboxylic acids is 2. The Bertz CT molecular complexity index is 1010. The van der Waals surface area contributed by atoms with Crippen molar-refractivity contribution >= 4 is 27.5 Å². The van der Waals surface area contributed by atoms with E-state index in [1.807, 2.05) is 44.2 Å². The molecule has 32 heavy (non-hydrogen) atoms. The molecule has 0 spiro atoms. The van der Waals surface area contributed by atoms with E-state index in [4.69, 9.17) is 0 Å². The summed E-state index contributed by atoms with van der Waals surface area (Å²) in [5, 5.41) is 2.65. The Kier molecular flexibility index (Phi) is 9.26. The topological polar surface area (TPSA) is 86.8 Å². The molecule has 2 aromatic rings. The van der Waals surface area contributed by atoms with Gasteiger partial charge in [-0.25, -0.2) is 8.42 Å². The van der Waals surface area contributed by atoms with Gasteiger partial charge in [-0.3, -0.25) is 13.9 Å². The fourth-order valence-corrected chi connectivity index (χ4v) is 4.62. The summed E-state index contributed by atoms with van der Waals surface area (Å²) in [6.45, 7) is 4.36. The number of anilines is 1. The average molecular weight is 460 g/mol. The number of likely N-dealkylation sites (N-methyl/N-ethyl adjacent to an activating group) is 1. The van der Waals surface area contributed by atoms with Crippen molar-refractivity contribution in [1.82, 2.24) is 10.2 Å². The van der Waals surface area contributed by atoms with Crippen LogP contribution in [0.4, 0.5) is 5.69 Å². The number of carbonyl (C=O) groups is 2. The molecule has 8 heteroatoms. The summed E-state index contributed by atoms with van der Waals surface area (Å²) in [6.07, 6.45) is 2.12. The molecule has 174 valence electrons. The van der Waals surface area contributed by atoms with Crippen LogP contribution in [0, 0.1) is 6.92 Å². The van der Waals surface area contributed by atoms with Crippen LogP contribution in [-0.2, 0) is 26.2 Å². The molecular weight excluding hydrogens is 426 g/mol.